The van der Waals surface area contributed by atoms with Crippen molar-refractivity contribution in [1.29, 1.82) is 0 Å². The van der Waals surface area contributed by atoms with Gasteiger partial charge in [-0.15, -0.1) is 0 Å². The number of hydrogen-bond donors (Lipinski definition) is 0. The molecule has 0 N–H and O–H groups in total. The number of benzene rings is 1. The van der Waals surface area contributed by atoms with Gasteiger partial charge in [-0.3, -0.25) is 4.57 Å². The van der Waals surface area contributed by atoms with E-state index in [0.717, 1.165) is 23.2 Å². The summed E-state index contributed by atoms with van der Waals surface area (Å²) in [7, 11) is 0. The van der Waals surface area contributed by atoms with Crippen molar-refractivity contribution in [2.24, 2.45) is 5.92 Å². The quantitative estimate of drug-likeness (QED) is 0.714. The Morgan fingerprint density at radius 2 is 2.06 bits per heavy atom. The summed E-state index contributed by atoms with van der Waals surface area (Å²) in [5, 5.41) is 0. The van der Waals surface area contributed by atoms with Gasteiger partial charge in [-0.05, 0) is 37.0 Å². The minimum Gasteiger partial charge on any atom is -0.475 e. The van der Waals surface area contributed by atoms with E-state index in [4.69, 9.17) is 14.2 Å². The van der Waals surface area contributed by atoms with Gasteiger partial charge in [0.2, 0.25) is 5.88 Å². The summed E-state index contributed by atoms with van der Waals surface area (Å²) in [5.74, 6) is 7.73. The van der Waals surface area contributed by atoms with Gasteiger partial charge in [-0.1, -0.05) is 37.2 Å². The second-order valence-electron chi connectivity index (χ2n) is 8.52. The van der Waals surface area contributed by atoms with Gasteiger partial charge in [0.25, 0.3) is 0 Å². The Hall–Kier alpha value is -2.62. The Morgan fingerprint density at radius 3 is 2.90 bits per heavy atom. The van der Waals surface area contributed by atoms with Crippen molar-refractivity contribution in [2.45, 2.75) is 51.2 Å². The maximum Gasteiger partial charge on any atom is 0.351 e. The third-order valence-electron chi connectivity index (χ3n) is 6.30. The highest BCUT2D eigenvalue weighted by molar-refractivity contribution is 5.67. The minimum atomic E-state index is -0.278. The van der Waals surface area contributed by atoms with Crippen LogP contribution in [0.15, 0.2) is 29.1 Å². The fourth-order valence-electron chi connectivity index (χ4n) is 4.60. The Kier molecular flexibility index (Phi) is 6.06. The summed E-state index contributed by atoms with van der Waals surface area (Å²) in [4.78, 5) is 16.7. The standard InChI is InChI=1S/C25H28N2O4/c28-25-26-24(31-17-21-16-29-12-13-30-21)15-23-22-9-8-19(14-20(22)10-11-27(23)25)7-6-18-4-2-1-3-5-18/h8-9,14-15,18,21H,1-5,10-13,16-17H2. The van der Waals surface area contributed by atoms with Crippen LogP contribution in [-0.2, 0) is 22.4 Å². The molecule has 0 amide bonds. The Balaban J connectivity index is 1.36. The fourth-order valence-corrected chi connectivity index (χ4v) is 4.60. The van der Waals surface area contributed by atoms with Crippen molar-refractivity contribution >= 4 is 0 Å². The van der Waals surface area contributed by atoms with Crippen molar-refractivity contribution < 1.29 is 14.2 Å². The van der Waals surface area contributed by atoms with Gasteiger partial charge in [0.05, 0.1) is 25.5 Å². The van der Waals surface area contributed by atoms with Gasteiger partial charge in [-0.25, -0.2) is 4.79 Å². The molecule has 6 heteroatoms. The van der Waals surface area contributed by atoms with Crippen LogP contribution in [-0.4, -0.2) is 42.1 Å². The molecule has 3 heterocycles. The Bertz CT molecular complexity index is 1050. The lowest BCUT2D eigenvalue weighted by Gasteiger charge is -2.24. The molecule has 0 spiro atoms. The average Bonchev–Trinajstić information content (AvgIpc) is 2.82. The average molecular weight is 421 g/mol. The first-order chi connectivity index (χ1) is 15.3. The van der Waals surface area contributed by atoms with Gasteiger partial charge >= 0.3 is 5.69 Å². The van der Waals surface area contributed by atoms with Crippen LogP contribution in [0.5, 0.6) is 5.88 Å². The molecule has 1 saturated carbocycles. The molecule has 1 aromatic carbocycles. The molecule has 2 aromatic rings. The predicted molar refractivity (Wildman–Crippen MR) is 117 cm³/mol. The van der Waals surface area contributed by atoms with Crippen LogP contribution in [0.4, 0.5) is 0 Å². The molecule has 0 bridgehead atoms. The largest absolute Gasteiger partial charge is 0.475 e. The molecule has 1 saturated heterocycles. The maximum absolute atomic E-state index is 12.6. The van der Waals surface area contributed by atoms with E-state index in [2.05, 4.69) is 35.0 Å². The van der Waals surface area contributed by atoms with Crippen LogP contribution in [0, 0.1) is 17.8 Å². The van der Waals surface area contributed by atoms with Gasteiger partial charge in [0, 0.05) is 29.7 Å². The van der Waals surface area contributed by atoms with Crippen LogP contribution in [0.3, 0.4) is 0 Å². The first-order valence-corrected chi connectivity index (χ1v) is 11.3. The Labute approximate surface area is 182 Å². The molecule has 1 atom stereocenters. The number of aryl methyl sites for hydroxylation is 1. The molecule has 1 unspecified atom stereocenters. The van der Waals surface area contributed by atoms with Crippen LogP contribution in [0.2, 0.25) is 0 Å². The zero-order valence-electron chi connectivity index (χ0n) is 17.8. The summed E-state index contributed by atoms with van der Waals surface area (Å²) in [6.07, 6.45) is 7.06. The summed E-state index contributed by atoms with van der Waals surface area (Å²) in [6.45, 7) is 2.61. The van der Waals surface area contributed by atoms with E-state index in [1.165, 1.54) is 37.7 Å². The smallest absolute Gasteiger partial charge is 0.351 e. The van der Waals surface area contributed by atoms with E-state index in [1.807, 2.05) is 6.07 Å². The summed E-state index contributed by atoms with van der Waals surface area (Å²) in [5.41, 5.74) is 3.90. The van der Waals surface area contributed by atoms with Crippen LogP contribution in [0.1, 0.15) is 43.2 Å². The highest BCUT2D eigenvalue weighted by Gasteiger charge is 2.21. The zero-order valence-corrected chi connectivity index (χ0v) is 17.8. The molecule has 1 aliphatic carbocycles. The van der Waals surface area contributed by atoms with Gasteiger partial charge in [0.15, 0.2) is 0 Å². The maximum atomic E-state index is 12.6. The number of rotatable bonds is 3. The molecule has 5 rings (SSSR count). The monoisotopic (exact) mass is 420 g/mol. The molecule has 2 fully saturated rings. The lowest BCUT2D eigenvalue weighted by molar-refractivity contribution is -0.102. The molecule has 162 valence electrons. The normalized spacial score (nSPS) is 20.8. The van der Waals surface area contributed by atoms with E-state index < -0.39 is 0 Å². The fraction of sp³-hybridized carbons (Fsp3) is 0.520. The van der Waals surface area contributed by atoms with E-state index in [1.54, 1.807) is 4.57 Å². The number of aromatic nitrogens is 2. The highest BCUT2D eigenvalue weighted by atomic mass is 16.6. The van der Waals surface area contributed by atoms with Crippen molar-refractivity contribution in [3.8, 4) is 29.0 Å². The third kappa shape index (κ3) is 4.68. The summed E-state index contributed by atoms with van der Waals surface area (Å²) >= 11 is 0. The number of ether oxygens (including phenoxy) is 3. The van der Waals surface area contributed by atoms with Crippen molar-refractivity contribution in [3.63, 3.8) is 0 Å². The number of hydrogen-bond acceptors (Lipinski definition) is 5. The molecular formula is C25H28N2O4. The molecule has 6 nitrogen and oxygen atoms in total. The van der Waals surface area contributed by atoms with E-state index in [9.17, 15) is 4.79 Å². The molecule has 3 aliphatic rings. The zero-order chi connectivity index (χ0) is 21.0. The predicted octanol–water partition coefficient (Wildman–Crippen LogP) is 3.19. The van der Waals surface area contributed by atoms with Crippen molar-refractivity contribution in [2.75, 3.05) is 26.4 Å². The highest BCUT2D eigenvalue weighted by Crippen LogP contribution is 2.30. The van der Waals surface area contributed by atoms with Crippen LogP contribution in [0.25, 0.3) is 11.3 Å². The summed E-state index contributed by atoms with van der Waals surface area (Å²) in [6, 6.07) is 8.17. The lowest BCUT2D eigenvalue weighted by atomic mass is 9.89. The van der Waals surface area contributed by atoms with Gasteiger partial charge < -0.3 is 14.2 Å². The summed E-state index contributed by atoms with van der Waals surface area (Å²) < 4.78 is 18.5. The molecule has 31 heavy (non-hydrogen) atoms. The molecule has 1 aromatic heterocycles. The van der Waals surface area contributed by atoms with Gasteiger partial charge in [0.1, 0.15) is 12.7 Å². The molecule has 0 radical (unpaired) electrons. The topological polar surface area (TPSA) is 62.6 Å². The van der Waals surface area contributed by atoms with Crippen molar-refractivity contribution in [3.05, 3.63) is 45.9 Å². The molecular weight excluding hydrogens is 392 g/mol. The first-order valence-electron chi connectivity index (χ1n) is 11.3. The van der Waals surface area contributed by atoms with Crippen molar-refractivity contribution in [1.82, 2.24) is 9.55 Å². The lowest BCUT2D eigenvalue weighted by Crippen LogP contribution is -2.34. The van der Waals surface area contributed by atoms with E-state index in [0.29, 0.717) is 44.8 Å². The minimum absolute atomic E-state index is 0.132. The van der Waals surface area contributed by atoms with E-state index >= 15 is 0 Å². The van der Waals surface area contributed by atoms with Crippen LogP contribution >= 0.6 is 0 Å². The SMILES string of the molecule is O=c1nc(OCC2COCCO2)cc2n1CCc1cc(C#CC3CCCCC3)ccc1-2. The number of nitrogens with zero attached hydrogens (tertiary/aromatic N) is 2. The third-order valence-corrected chi connectivity index (χ3v) is 6.30. The van der Waals surface area contributed by atoms with Gasteiger partial charge in [-0.2, -0.15) is 4.98 Å². The van der Waals surface area contributed by atoms with Crippen LogP contribution < -0.4 is 10.4 Å². The van der Waals surface area contributed by atoms with E-state index in [-0.39, 0.29) is 11.8 Å². The number of fused-ring (bicyclic) bond motifs is 3. The Morgan fingerprint density at radius 1 is 1.16 bits per heavy atom. The molecule has 2 aliphatic heterocycles. The second kappa shape index (κ2) is 9.25. The first kappa shape index (κ1) is 20.3. The second-order valence-corrected chi connectivity index (χ2v) is 8.52.